The molecule has 1 aromatic carbocycles. The van der Waals surface area contributed by atoms with Gasteiger partial charge in [0.1, 0.15) is 11.8 Å². The highest BCUT2D eigenvalue weighted by molar-refractivity contribution is 5.82. The van der Waals surface area contributed by atoms with Crippen LogP contribution in [0.2, 0.25) is 0 Å². The van der Waals surface area contributed by atoms with E-state index in [1.54, 1.807) is 12.1 Å². The van der Waals surface area contributed by atoms with Crippen molar-refractivity contribution in [1.29, 1.82) is 0 Å². The van der Waals surface area contributed by atoms with Crippen molar-refractivity contribution < 1.29 is 9.90 Å². The van der Waals surface area contributed by atoms with Crippen molar-refractivity contribution in [3.05, 3.63) is 29.8 Å². The predicted octanol–water partition coefficient (Wildman–Crippen LogP) is 0.138. The third-order valence-corrected chi connectivity index (χ3v) is 1.78. The maximum atomic E-state index is 11.1. The molecule has 4 heteroatoms. The van der Waals surface area contributed by atoms with Crippen LogP contribution in [0, 0.1) is 0 Å². The first-order valence-corrected chi connectivity index (χ1v) is 3.91. The third-order valence-electron chi connectivity index (χ3n) is 1.78. The molecule has 0 saturated heterocycles. The van der Waals surface area contributed by atoms with Gasteiger partial charge in [0.25, 0.3) is 0 Å². The zero-order valence-corrected chi connectivity index (χ0v) is 7.32. The molecule has 70 valence electrons. The zero-order valence-electron chi connectivity index (χ0n) is 7.32. The molecule has 0 saturated carbocycles. The summed E-state index contributed by atoms with van der Waals surface area (Å²) in [5.41, 5.74) is 6.28. The number of hydrogen-bond donors (Lipinski definition) is 3. The highest BCUT2D eigenvalue weighted by Gasteiger charge is 2.13. The first kappa shape index (κ1) is 9.54. The van der Waals surface area contributed by atoms with Gasteiger partial charge in [-0.15, -0.1) is 0 Å². The van der Waals surface area contributed by atoms with Crippen LogP contribution in [0.15, 0.2) is 24.3 Å². The normalized spacial score (nSPS) is 12.2. The molecule has 1 amide bonds. The maximum Gasteiger partial charge on any atom is 0.241 e. The van der Waals surface area contributed by atoms with Gasteiger partial charge in [-0.3, -0.25) is 4.79 Å². The molecule has 1 atom stereocenters. The van der Waals surface area contributed by atoms with Crippen molar-refractivity contribution in [2.75, 3.05) is 7.05 Å². The van der Waals surface area contributed by atoms with E-state index in [4.69, 9.17) is 10.8 Å². The van der Waals surface area contributed by atoms with Crippen LogP contribution in [-0.2, 0) is 4.79 Å². The number of phenols is 1. The summed E-state index contributed by atoms with van der Waals surface area (Å²) < 4.78 is 0. The lowest BCUT2D eigenvalue weighted by Crippen LogP contribution is -2.31. The number of aromatic hydroxyl groups is 1. The number of hydrogen-bond acceptors (Lipinski definition) is 3. The highest BCUT2D eigenvalue weighted by atomic mass is 16.3. The molecule has 0 aromatic heterocycles. The van der Waals surface area contributed by atoms with Gasteiger partial charge in [0.2, 0.25) is 5.91 Å². The van der Waals surface area contributed by atoms with Gasteiger partial charge >= 0.3 is 0 Å². The van der Waals surface area contributed by atoms with Gasteiger partial charge in [0, 0.05) is 7.05 Å². The van der Waals surface area contributed by atoms with Crippen LogP contribution >= 0.6 is 0 Å². The summed E-state index contributed by atoms with van der Waals surface area (Å²) in [6.45, 7) is 0. The van der Waals surface area contributed by atoms with Crippen molar-refractivity contribution in [3.63, 3.8) is 0 Å². The van der Waals surface area contributed by atoms with Crippen LogP contribution in [-0.4, -0.2) is 18.1 Å². The minimum Gasteiger partial charge on any atom is -0.508 e. The van der Waals surface area contributed by atoms with Gasteiger partial charge in [-0.2, -0.15) is 0 Å². The average molecular weight is 180 g/mol. The van der Waals surface area contributed by atoms with Gasteiger partial charge in [0.05, 0.1) is 0 Å². The van der Waals surface area contributed by atoms with Crippen LogP contribution < -0.4 is 11.1 Å². The molecule has 0 aliphatic rings. The van der Waals surface area contributed by atoms with E-state index in [1.807, 2.05) is 0 Å². The summed E-state index contributed by atoms with van der Waals surface area (Å²) in [5.74, 6) is -0.0847. The lowest BCUT2D eigenvalue weighted by atomic mass is 10.1. The monoisotopic (exact) mass is 180 g/mol. The second-order valence-electron chi connectivity index (χ2n) is 2.68. The van der Waals surface area contributed by atoms with E-state index >= 15 is 0 Å². The molecule has 0 aliphatic carbocycles. The third kappa shape index (κ3) is 2.19. The SMILES string of the molecule is CNC(=O)[C@H](N)c1ccc(O)cc1. The second kappa shape index (κ2) is 3.91. The van der Waals surface area contributed by atoms with Crippen molar-refractivity contribution >= 4 is 5.91 Å². The Morgan fingerprint density at radius 2 is 2.00 bits per heavy atom. The van der Waals surface area contributed by atoms with Crippen LogP contribution in [0.3, 0.4) is 0 Å². The molecule has 4 N–H and O–H groups in total. The number of amides is 1. The molecule has 1 aromatic rings. The largest absolute Gasteiger partial charge is 0.508 e. The number of carbonyl (C=O) groups is 1. The van der Waals surface area contributed by atoms with Gasteiger partial charge < -0.3 is 16.2 Å². The minimum absolute atomic E-state index is 0.160. The quantitative estimate of drug-likeness (QED) is 0.606. The van der Waals surface area contributed by atoms with Crippen LogP contribution in [0.25, 0.3) is 0 Å². The van der Waals surface area contributed by atoms with Crippen molar-refractivity contribution in [1.82, 2.24) is 5.32 Å². The topological polar surface area (TPSA) is 75.4 Å². The van der Waals surface area contributed by atoms with E-state index in [9.17, 15) is 4.79 Å². The van der Waals surface area contributed by atoms with Crippen molar-refractivity contribution in [2.45, 2.75) is 6.04 Å². The molecule has 0 heterocycles. The fourth-order valence-corrected chi connectivity index (χ4v) is 0.989. The fraction of sp³-hybridized carbons (Fsp3) is 0.222. The van der Waals surface area contributed by atoms with E-state index in [1.165, 1.54) is 19.2 Å². The molecule has 0 bridgehead atoms. The Labute approximate surface area is 76.4 Å². The van der Waals surface area contributed by atoms with Crippen LogP contribution in [0.5, 0.6) is 5.75 Å². The zero-order chi connectivity index (χ0) is 9.84. The molecular weight excluding hydrogens is 168 g/mol. The summed E-state index contributed by atoms with van der Waals surface area (Å²) >= 11 is 0. The van der Waals surface area contributed by atoms with E-state index in [0.29, 0.717) is 5.56 Å². The van der Waals surface area contributed by atoms with Gasteiger partial charge in [0.15, 0.2) is 0 Å². The predicted molar refractivity (Wildman–Crippen MR) is 49.1 cm³/mol. The molecule has 0 spiro atoms. The summed E-state index contributed by atoms with van der Waals surface area (Å²) in [7, 11) is 1.53. The number of nitrogens with two attached hydrogens (primary N) is 1. The lowest BCUT2D eigenvalue weighted by Gasteiger charge is -2.09. The summed E-state index contributed by atoms with van der Waals surface area (Å²) in [5, 5.41) is 11.4. The Hall–Kier alpha value is -1.55. The van der Waals surface area contributed by atoms with Gasteiger partial charge in [-0.25, -0.2) is 0 Å². The molecule has 0 aliphatic heterocycles. The number of benzene rings is 1. The smallest absolute Gasteiger partial charge is 0.241 e. The average Bonchev–Trinajstić information content (AvgIpc) is 2.17. The molecule has 4 nitrogen and oxygen atoms in total. The first-order valence-electron chi connectivity index (χ1n) is 3.91. The van der Waals surface area contributed by atoms with Crippen LogP contribution in [0.1, 0.15) is 11.6 Å². The lowest BCUT2D eigenvalue weighted by molar-refractivity contribution is -0.121. The van der Waals surface area contributed by atoms with Crippen molar-refractivity contribution in [2.24, 2.45) is 5.73 Å². The minimum atomic E-state index is -0.675. The van der Waals surface area contributed by atoms with Gasteiger partial charge in [-0.05, 0) is 17.7 Å². The molecule has 1 rings (SSSR count). The molecule has 0 radical (unpaired) electrons. The molecule has 0 fully saturated rings. The highest BCUT2D eigenvalue weighted by Crippen LogP contribution is 2.14. The molecule has 13 heavy (non-hydrogen) atoms. The van der Waals surface area contributed by atoms with E-state index in [2.05, 4.69) is 5.32 Å². The maximum absolute atomic E-state index is 11.1. The van der Waals surface area contributed by atoms with E-state index in [0.717, 1.165) is 0 Å². The Balaban J connectivity index is 2.83. The fourth-order valence-electron chi connectivity index (χ4n) is 0.989. The Morgan fingerprint density at radius 1 is 1.46 bits per heavy atom. The van der Waals surface area contributed by atoms with Crippen molar-refractivity contribution in [3.8, 4) is 5.75 Å². The number of phenolic OH excluding ortho intramolecular Hbond substituents is 1. The Bertz CT molecular complexity index is 295. The Kier molecular flexibility index (Phi) is 2.87. The molecular formula is C9H12N2O2. The number of nitrogens with one attached hydrogen (secondary N) is 1. The summed E-state index contributed by atoms with van der Waals surface area (Å²) in [6.07, 6.45) is 0. The van der Waals surface area contributed by atoms with E-state index in [-0.39, 0.29) is 11.7 Å². The number of rotatable bonds is 2. The molecule has 0 unspecified atom stereocenters. The second-order valence-corrected chi connectivity index (χ2v) is 2.68. The summed E-state index contributed by atoms with van der Waals surface area (Å²) in [6, 6.07) is 5.56. The number of carbonyl (C=O) groups excluding carboxylic acids is 1. The summed E-state index contributed by atoms with van der Waals surface area (Å²) in [4.78, 5) is 11.1. The standard InChI is InChI=1S/C9H12N2O2/c1-11-9(13)8(10)6-2-4-7(12)5-3-6/h2-5,8,12H,10H2,1H3,(H,11,13)/t8-/m1/s1. The number of likely N-dealkylation sites (N-methyl/N-ethyl adjacent to an activating group) is 1. The first-order chi connectivity index (χ1) is 6.15. The van der Waals surface area contributed by atoms with Crippen LogP contribution in [0.4, 0.5) is 0 Å². The van der Waals surface area contributed by atoms with E-state index < -0.39 is 6.04 Å². The Morgan fingerprint density at radius 3 is 2.46 bits per heavy atom. The van der Waals surface area contributed by atoms with Gasteiger partial charge in [-0.1, -0.05) is 12.1 Å².